The molecular formula is C11H13N5S. The highest BCUT2D eigenvalue weighted by Crippen LogP contribution is 2.30. The van der Waals surface area contributed by atoms with Crippen molar-refractivity contribution in [2.24, 2.45) is 5.84 Å². The lowest BCUT2D eigenvalue weighted by Crippen LogP contribution is -2.12. The normalized spacial score (nSPS) is 10.2. The fourth-order valence-electron chi connectivity index (χ4n) is 1.45. The van der Waals surface area contributed by atoms with Crippen LogP contribution in [-0.4, -0.2) is 15.0 Å². The summed E-state index contributed by atoms with van der Waals surface area (Å²) >= 11 is 1.58. The Labute approximate surface area is 104 Å². The van der Waals surface area contributed by atoms with Crippen LogP contribution in [-0.2, 0) is 6.42 Å². The Kier molecular flexibility index (Phi) is 3.89. The van der Waals surface area contributed by atoms with Gasteiger partial charge >= 0.3 is 0 Å². The summed E-state index contributed by atoms with van der Waals surface area (Å²) in [4.78, 5) is 13.5. The summed E-state index contributed by atoms with van der Waals surface area (Å²) in [7, 11) is 0. The number of anilines is 1. The minimum absolute atomic E-state index is 0.680. The van der Waals surface area contributed by atoms with Crippen LogP contribution in [0.3, 0.4) is 0 Å². The number of nitrogens with zero attached hydrogens (tertiary/aromatic N) is 3. The van der Waals surface area contributed by atoms with Crippen LogP contribution in [0.25, 0.3) is 0 Å². The monoisotopic (exact) mass is 247 g/mol. The van der Waals surface area contributed by atoms with E-state index in [2.05, 4.69) is 27.3 Å². The number of nitrogens with two attached hydrogens (primary N) is 1. The minimum Gasteiger partial charge on any atom is -0.308 e. The fourth-order valence-corrected chi connectivity index (χ4v) is 2.39. The third-order valence-corrected chi connectivity index (χ3v) is 3.31. The molecule has 0 radical (unpaired) electrons. The molecule has 0 aliphatic rings. The molecule has 3 N–H and O–H groups in total. The van der Waals surface area contributed by atoms with E-state index in [0.29, 0.717) is 5.82 Å². The Morgan fingerprint density at radius 2 is 2.06 bits per heavy atom. The smallest absolute Gasteiger partial charge is 0.147 e. The maximum atomic E-state index is 5.43. The molecule has 6 heteroatoms. The first-order valence-electron chi connectivity index (χ1n) is 5.23. The predicted octanol–water partition coefficient (Wildman–Crippen LogP) is 1.87. The number of nitrogen functional groups attached to an aromatic ring is 1. The molecule has 2 rings (SSSR count). The van der Waals surface area contributed by atoms with Gasteiger partial charge in [0.05, 0.1) is 0 Å². The molecule has 88 valence electrons. The number of pyridine rings is 1. The molecule has 2 aromatic heterocycles. The molecule has 0 spiro atoms. The second-order valence-corrected chi connectivity index (χ2v) is 4.35. The number of aromatic nitrogens is 3. The quantitative estimate of drug-likeness (QED) is 0.488. The number of rotatable bonds is 4. The zero-order valence-corrected chi connectivity index (χ0v) is 10.2. The highest BCUT2D eigenvalue weighted by Gasteiger charge is 2.09. The summed E-state index contributed by atoms with van der Waals surface area (Å²) in [6, 6.07) is 3.89. The van der Waals surface area contributed by atoms with Gasteiger partial charge in [0.15, 0.2) is 0 Å². The third kappa shape index (κ3) is 2.72. The van der Waals surface area contributed by atoms with Crippen LogP contribution in [0, 0.1) is 0 Å². The standard InChI is InChI=1S/C11H13N5S/c1-2-9-10(16-12)14-7-15-11(9)17-8-3-5-13-6-4-8/h3-7H,2,12H2,1H3,(H,14,15,16). The Hall–Kier alpha value is -1.66. The van der Waals surface area contributed by atoms with E-state index in [-0.39, 0.29) is 0 Å². The molecule has 0 unspecified atom stereocenters. The van der Waals surface area contributed by atoms with Gasteiger partial charge in [0, 0.05) is 22.9 Å². The highest BCUT2D eigenvalue weighted by molar-refractivity contribution is 7.99. The van der Waals surface area contributed by atoms with Crippen molar-refractivity contribution in [2.45, 2.75) is 23.3 Å². The van der Waals surface area contributed by atoms with E-state index in [9.17, 15) is 0 Å². The SMILES string of the molecule is CCc1c(NN)ncnc1Sc1ccncc1. The predicted molar refractivity (Wildman–Crippen MR) is 67.6 cm³/mol. The van der Waals surface area contributed by atoms with E-state index in [4.69, 9.17) is 5.84 Å². The first-order valence-corrected chi connectivity index (χ1v) is 6.05. The molecule has 17 heavy (non-hydrogen) atoms. The second kappa shape index (κ2) is 5.60. The summed E-state index contributed by atoms with van der Waals surface area (Å²) in [5.74, 6) is 6.11. The Bertz CT molecular complexity index is 488. The van der Waals surface area contributed by atoms with Crippen molar-refractivity contribution in [2.75, 3.05) is 5.43 Å². The Morgan fingerprint density at radius 3 is 2.71 bits per heavy atom. The molecule has 0 atom stereocenters. The van der Waals surface area contributed by atoms with Gasteiger partial charge in [0.2, 0.25) is 0 Å². The summed E-state index contributed by atoms with van der Waals surface area (Å²) in [5, 5.41) is 0.918. The maximum Gasteiger partial charge on any atom is 0.147 e. The number of hydrogen-bond donors (Lipinski definition) is 2. The number of hydrogen-bond acceptors (Lipinski definition) is 6. The molecule has 5 nitrogen and oxygen atoms in total. The summed E-state index contributed by atoms with van der Waals surface area (Å²) in [6.45, 7) is 2.05. The largest absolute Gasteiger partial charge is 0.308 e. The van der Waals surface area contributed by atoms with Gasteiger partial charge < -0.3 is 5.43 Å². The molecular weight excluding hydrogens is 234 g/mol. The lowest BCUT2D eigenvalue weighted by molar-refractivity contribution is 0.940. The Balaban J connectivity index is 2.33. The molecule has 2 aromatic rings. The molecule has 0 fully saturated rings. The van der Waals surface area contributed by atoms with E-state index in [1.54, 1.807) is 24.2 Å². The average molecular weight is 247 g/mol. The number of nitrogens with one attached hydrogen (secondary N) is 1. The Morgan fingerprint density at radius 1 is 1.29 bits per heavy atom. The van der Waals surface area contributed by atoms with Gasteiger partial charge in [-0.15, -0.1) is 0 Å². The first-order chi connectivity index (χ1) is 8.35. The third-order valence-electron chi connectivity index (χ3n) is 2.26. The molecule has 2 heterocycles. The number of hydrazine groups is 1. The molecule has 0 amide bonds. The molecule has 0 aromatic carbocycles. The topological polar surface area (TPSA) is 76.7 Å². The van der Waals surface area contributed by atoms with Crippen LogP contribution < -0.4 is 11.3 Å². The van der Waals surface area contributed by atoms with Crippen LogP contribution in [0.1, 0.15) is 12.5 Å². The van der Waals surface area contributed by atoms with Crippen molar-refractivity contribution in [3.05, 3.63) is 36.4 Å². The van der Waals surface area contributed by atoms with Crippen LogP contribution in [0.5, 0.6) is 0 Å². The molecule has 0 bridgehead atoms. The zero-order valence-electron chi connectivity index (χ0n) is 9.42. The van der Waals surface area contributed by atoms with Crippen LogP contribution in [0.15, 0.2) is 40.8 Å². The van der Waals surface area contributed by atoms with Crippen molar-refractivity contribution in [1.29, 1.82) is 0 Å². The van der Waals surface area contributed by atoms with E-state index >= 15 is 0 Å². The first kappa shape index (κ1) is 11.8. The van der Waals surface area contributed by atoms with E-state index in [1.807, 2.05) is 12.1 Å². The van der Waals surface area contributed by atoms with Crippen molar-refractivity contribution in [3.8, 4) is 0 Å². The fraction of sp³-hybridized carbons (Fsp3) is 0.182. The van der Waals surface area contributed by atoms with E-state index in [1.165, 1.54) is 6.33 Å². The van der Waals surface area contributed by atoms with Gasteiger partial charge in [-0.25, -0.2) is 15.8 Å². The van der Waals surface area contributed by atoms with E-state index in [0.717, 1.165) is 21.9 Å². The van der Waals surface area contributed by atoms with E-state index < -0.39 is 0 Å². The van der Waals surface area contributed by atoms with Gasteiger partial charge in [0.25, 0.3) is 0 Å². The zero-order chi connectivity index (χ0) is 12.1. The van der Waals surface area contributed by atoms with Crippen molar-refractivity contribution >= 4 is 17.6 Å². The van der Waals surface area contributed by atoms with Crippen molar-refractivity contribution in [3.63, 3.8) is 0 Å². The van der Waals surface area contributed by atoms with Gasteiger partial charge in [-0.3, -0.25) is 4.98 Å². The molecule has 0 saturated heterocycles. The summed E-state index contributed by atoms with van der Waals surface area (Å²) in [6.07, 6.45) is 5.86. The van der Waals surface area contributed by atoms with Crippen molar-refractivity contribution in [1.82, 2.24) is 15.0 Å². The van der Waals surface area contributed by atoms with Gasteiger partial charge in [-0.2, -0.15) is 0 Å². The lowest BCUT2D eigenvalue weighted by atomic mass is 10.2. The minimum atomic E-state index is 0.680. The van der Waals surface area contributed by atoms with Crippen LogP contribution in [0.2, 0.25) is 0 Å². The maximum absolute atomic E-state index is 5.43. The van der Waals surface area contributed by atoms with Crippen molar-refractivity contribution < 1.29 is 0 Å². The van der Waals surface area contributed by atoms with Crippen LogP contribution >= 0.6 is 11.8 Å². The van der Waals surface area contributed by atoms with Crippen LogP contribution in [0.4, 0.5) is 5.82 Å². The molecule has 0 aliphatic carbocycles. The molecule has 0 aliphatic heterocycles. The summed E-state index contributed by atoms with van der Waals surface area (Å²) in [5.41, 5.74) is 3.62. The summed E-state index contributed by atoms with van der Waals surface area (Å²) < 4.78 is 0. The van der Waals surface area contributed by atoms with Gasteiger partial charge in [-0.05, 0) is 18.6 Å². The lowest BCUT2D eigenvalue weighted by Gasteiger charge is -2.09. The van der Waals surface area contributed by atoms with Gasteiger partial charge in [0.1, 0.15) is 17.2 Å². The second-order valence-electron chi connectivity index (χ2n) is 3.29. The highest BCUT2D eigenvalue weighted by atomic mass is 32.2. The molecule has 0 saturated carbocycles. The van der Waals surface area contributed by atoms with Gasteiger partial charge in [-0.1, -0.05) is 18.7 Å². The average Bonchev–Trinajstić information content (AvgIpc) is 2.39.